The molecule has 0 saturated carbocycles. The van der Waals surface area contributed by atoms with Crippen molar-refractivity contribution in [3.8, 4) is 11.8 Å². The monoisotopic (exact) mass is 342 g/mol. The summed E-state index contributed by atoms with van der Waals surface area (Å²) in [6.45, 7) is 8.45. The Kier molecular flexibility index (Phi) is 4.71. The van der Waals surface area contributed by atoms with Crippen molar-refractivity contribution in [2.24, 2.45) is 0 Å². The molecule has 1 saturated heterocycles. The maximum Gasteiger partial charge on any atom is 0.498 e. The smallest absolute Gasteiger partial charge is 0.497 e. The van der Waals surface area contributed by atoms with Crippen LogP contribution in [0.4, 0.5) is 0 Å². The maximum atomic E-state index is 5.99. The first-order valence-electron chi connectivity index (χ1n) is 8.24. The van der Waals surface area contributed by atoms with E-state index in [4.69, 9.17) is 18.8 Å². The van der Waals surface area contributed by atoms with Crippen LogP contribution in [0.2, 0.25) is 0 Å². The third-order valence-corrected chi connectivity index (χ3v) is 4.70. The minimum atomic E-state index is -0.472. The zero-order chi connectivity index (χ0) is 18.1. The lowest BCUT2D eigenvalue weighted by Gasteiger charge is -2.32. The van der Waals surface area contributed by atoms with Crippen molar-refractivity contribution in [1.82, 2.24) is 9.97 Å². The minimum absolute atomic E-state index is 0.316. The Labute approximate surface area is 148 Å². The van der Waals surface area contributed by atoms with E-state index < -0.39 is 7.12 Å². The van der Waals surface area contributed by atoms with Gasteiger partial charge in [0.2, 0.25) is 0 Å². The van der Waals surface area contributed by atoms with Crippen molar-refractivity contribution in [3.05, 3.63) is 42.2 Å². The normalized spacial score (nSPS) is 18.2. The van der Waals surface area contributed by atoms with Crippen LogP contribution in [0.5, 0.6) is 11.8 Å². The molecular formula is C18H23BN2O4. The fraction of sp³-hybridized carbons (Fsp3) is 0.444. The first-order chi connectivity index (χ1) is 11.8. The molecule has 1 aromatic heterocycles. The molecule has 1 aliphatic heterocycles. The largest absolute Gasteiger partial charge is 0.498 e. The van der Waals surface area contributed by atoms with Gasteiger partial charge in [0.25, 0.3) is 0 Å². The van der Waals surface area contributed by atoms with Crippen LogP contribution in [0.3, 0.4) is 0 Å². The molecule has 0 N–H and O–H groups in total. The molecule has 0 amide bonds. The zero-order valence-corrected chi connectivity index (χ0v) is 15.3. The fourth-order valence-corrected chi connectivity index (χ4v) is 2.37. The first kappa shape index (κ1) is 17.7. The van der Waals surface area contributed by atoms with Gasteiger partial charge in [0.15, 0.2) is 0 Å². The van der Waals surface area contributed by atoms with Crippen molar-refractivity contribution in [2.75, 3.05) is 7.11 Å². The van der Waals surface area contributed by atoms with Gasteiger partial charge in [-0.15, -0.1) is 0 Å². The van der Waals surface area contributed by atoms with Gasteiger partial charge >= 0.3 is 13.1 Å². The molecule has 25 heavy (non-hydrogen) atoms. The molecule has 7 heteroatoms. The van der Waals surface area contributed by atoms with E-state index in [9.17, 15) is 0 Å². The van der Waals surface area contributed by atoms with Crippen LogP contribution in [-0.2, 0) is 15.9 Å². The number of rotatable bonds is 5. The van der Waals surface area contributed by atoms with Crippen molar-refractivity contribution >= 4 is 12.6 Å². The summed E-state index contributed by atoms with van der Waals surface area (Å²) in [6, 6.07) is 7.98. The van der Waals surface area contributed by atoms with E-state index >= 15 is 0 Å². The Balaban J connectivity index is 1.61. The quantitative estimate of drug-likeness (QED) is 0.778. The van der Waals surface area contributed by atoms with Crippen LogP contribution in [0.1, 0.15) is 33.3 Å². The third kappa shape index (κ3) is 3.77. The second-order valence-corrected chi connectivity index (χ2v) is 7.02. The molecule has 3 rings (SSSR count). The molecule has 0 aliphatic carbocycles. The average Bonchev–Trinajstić information content (AvgIpc) is 2.82. The van der Waals surface area contributed by atoms with Gasteiger partial charge in [0.1, 0.15) is 12.4 Å². The maximum absolute atomic E-state index is 5.99. The summed E-state index contributed by atoms with van der Waals surface area (Å²) in [5.74, 6) is 0.812. The highest BCUT2D eigenvalue weighted by Gasteiger charge is 2.51. The topological polar surface area (TPSA) is 62.7 Å². The van der Waals surface area contributed by atoms with E-state index in [-0.39, 0.29) is 11.2 Å². The number of methoxy groups -OCH3 is 1. The molecule has 0 bridgehead atoms. The molecule has 0 atom stereocenters. The second kappa shape index (κ2) is 6.65. The predicted octanol–water partition coefficient (Wildman–Crippen LogP) is 2.36. The molecule has 0 spiro atoms. The number of ether oxygens (including phenoxy) is 2. The van der Waals surface area contributed by atoms with Crippen molar-refractivity contribution in [3.63, 3.8) is 0 Å². The Hall–Kier alpha value is -2.12. The van der Waals surface area contributed by atoms with Crippen LogP contribution in [0.25, 0.3) is 0 Å². The number of aromatic nitrogens is 2. The Morgan fingerprint density at radius 3 is 2.04 bits per heavy atom. The van der Waals surface area contributed by atoms with Crippen molar-refractivity contribution in [2.45, 2.75) is 45.5 Å². The highest BCUT2D eigenvalue weighted by atomic mass is 16.7. The van der Waals surface area contributed by atoms with Crippen LogP contribution in [0, 0.1) is 0 Å². The van der Waals surface area contributed by atoms with E-state index in [1.165, 1.54) is 0 Å². The van der Waals surface area contributed by atoms with E-state index in [2.05, 4.69) is 9.97 Å². The Bertz CT molecular complexity index is 701. The molecule has 6 nitrogen and oxygen atoms in total. The highest BCUT2D eigenvalue weighted by molar-refractivity contribution is 6.61. The third-order valence-electron chi connectivity index (χ3n) is 4.70. The summed E-state index contributed by atoms with van der Waals surface area (Å²) in [6.07, 6.45) is 3.36. The van der Waals surface area contributed by atoms with Gasteiger partial charge < -0.3 is 18.8 Å². The van der Waals surface area contributed by atoms with Crippen molar-refractivity contribution in [1.29, 1.82) is 0 Å². The van der Waals surface area contributed by atoms with Crippen LogP contribution >= 0.6 is 0 Å². The standard InChI is InChI=1S/C18H23BN2O4/c1-17(2)18(3,4)25-19(24-17)14-10-20-16(21-11-14)23-12-13-6-8-15(22-5)9-7-13/h6-11H,12H2,1-5H3. The van der Waals surface area contributed by atoms with Gasteiger partial charge in [-0.05, 0) is 45.4 Å². The van der Waals surface area contributed by atoms with Gasteiger partial charge in [0, 0.05) is 17.9 Å². The van der Waals surface area contributed by atoms with E-state index in [0.29, 0.717) is 12.6 Å². The summed E-state index contributed by atoms with van der Waals surface area (Å²) in [5, 5.41) is 0. The lowest BCUT2D eigenvalue weighted by atomic mass is 9.81. The van der Waals surface area contributed by atoms with Gasteiger partial charge in [-0.1, -0.05) is 12.1 Å². The number of nitrogens with zero attached hydrogens (tertiary/aromatic N) is 2. The average molecular weight is 342 g/mol. The lowest BCUT2D eigenvalue weighted by Crippen LogP contribution is -2.41. The molecular weight excluding hydrogens is 319 g/mol. The molecule has 1 fully saturated rings. The summed E-state index contributed by atoms with van der Waals surface area (Å²) in [7, 11) is 1.17. The van der Waals surface area contributed by atoms with Gasteiger partial charge in [-0.25, -0.2) is 9.97 Å². The molecule has 132 valence electrons. The summed E-state index contributed by atoms with van der Waals surface area (Å²) < 4.78 is 22.7. The summed E-state index contributed by atoms with van der Waals surface area (Å²) in [5.41, 5.74) is 1.01. The van der Waals surface area contributed by atoms with Gasteiger partial charge in [-0.2, -0.15) is 0 Å². The van der Waals surface area contributed by atoms with Gasteiger partial charge in [0.05, 0.1) is 18.3 Å². The SMILES string of the molecule is COc1ccc(COc2ncc(B3OC(C)(C)C(C)(C)O3)cn2)cc1. The summed E-state index contributed by atoms with van der Waals surface area (Å²) >= 11 is 0. The number of benzene rings is 1. The zero-order valence-electron chi connectivity index (χ0n) is 15.3. The van der Waals surface area contributed by atoms with E-state index in [1.54, 1.807) is 19.5 Å². The molecule has 2 heterocycles. The molecule has 2 aromatic rings. The highest BCUT2D eigenvalue weighted by Crippen LogP contribution is 2.36. The van der Waals surface area contributed by atoms with E-state index in [0.717, 1.165) is 16.8 Å². The summed E-state index contributed by atoms with van der Waals surface area (Å²) in [4.78, 5) is 8.50. The number of hydrogen-bond donors (Lipinski definition) is 0. The molecule has 1 aliphatic rings. The minimum Gasteiger partial charge on any atom is -0.497 e. The van der Waals surface area contributed by atoms with Crippen molar-refractivity contribution < 1.29 is 18.8 Å². The molecule has 0 unspecified atom stereocenters. The Morgan fingerprint density at radius 2 is 1.52 bits per heavy atom. The molecule has 0 radical (unpaired) electrons. The van der Waals surface area contributed by atoms with E-state index in [1.807, 2.05) is 52.0 Å². The lowest BCUT2D eigenvalue weighted by molar-refractivity contribution is 0.00578. The first-order valence-corrected chi connectivity index (χ1v) is 8.24. The van der Waals surface area contributed by atoms with Crippen LogP contribution in [-0.4, -0.2) is 35.4 Å². The predicted molar refractivity (Wildman–Crippen MR) is 95.1 cm³/mol. The Morgan fingerprint density at radius 1 is 0.960 bits per heavy atom. The second-order valence-electron chi connectivity index (χ2n) is 7.02. The van der Waals surface area contributed by atoms with Crippen LogP contribution < -0.4 is 14.9 Å². The fourth-order valence-electron chi connectivity index (χ4n) is 2.37. The number of hydrogen-bond acceptors (Lipinski definition) is 6. The van der Waals surface area contributed by atoms with Crippen LogP contribution in [0.15, 0.2) is 36.7 Å². The van der Waals surface area contributed by atoms with Gasteiger partial charge in [-0.3, -0.25) is 0 Å². The molecule has 1 aromatic carbocycles.